The van der Waals surface area contributed by atoms with Gasteiger partial charge in [0.2, 0.25) is 0 Å². The van der Waals surface area contributed by atoms with Crippen molar-refractivity contribution in [2.75, 3.05) is 6.61 Å². The molecule has 0 amide bonds. The molecule has 2 aromatic rings. The molecule has 1 aromatic heterocycles. The lowest BCUT2D eigenvalue weighted by Crippen LogP contribution is -2.01. The van der Waals surface area contributed by atoms with Crippen molar-refractivity contribution in [1.29, 1.82) is 0 Å². The van der Waals surface area contributed by atoms with Gasteiger partial charge in [-0.05, 0) is 29.3 Å². The molecule has 0 radical (unpaired) electrons. The average Bonchev–Trinajstić information content (AvgIpc) is 2.41. The SMILES string of the molecule is ClCc1ccc(OCCc2cccnc2)cc1. The van der Waals surface area contributed by atoms with Crippen LogP contribution in [-0.4, -0.2) is 11.6 Å². The van der Waals surface area contributed by atoms with Gasteiger partial charge < -0.3 is 4.74 Å². The van der Waals surface area contributed by atoms with E-state index in [0.717, 1.165) is 17.7 Å². The zero-order valence-electron chi connectivity index (χ0n) is 9.47. The van der Waals surface area contributed by atoms with Gasteiger partial charge in [0.05, 0.1) is 6.61 Å². The maximum Gasteiger partial charge on any atom is 0.119 e. The first-order valence-electron chi connectivity index (χ1n) is 5.55. The quantitative estimate of drug-likeness (QED) is 0.755. The number of alkyl halides is 1. The molecule has 0 bridgehead atoms. The Hall–Kier alpha value is -1.54. The zero-order valence-corrected chi connectivity index (χ0v) is 10.2. The summed E-state index contributed by atoms with van der Waals surface area (Å²) in [5.74, 6) is 1.42. The van der Waals surface area contributed by atoms with Crippen molar-refractivity contribution in [3.8, 4) is 5.75 Å². The van der Waals surface area contributed by atoms with Crippen LogP contribution in [0.15, 0.2) is 48.8 Å². The second-order valence-corrected chi connectivity index (χ2v) is 4.00. The number of benzene rings is 1. The third kappa shape index (κ3) is 3.75. The highest BCUT2D eigenvalue weighted by molar-refractivity contribution is 6.17. The molecule has 88 valence electrons. The maximum atomic E-state index is 5.72. The van der Waals surface area contributed by atoms with Gasteiger partial charge in [0.1, 0.15) is 5.75 Å². The van der Waals surface area contributed by atoms with Crippen molar-refractivity contribution < 1.29 is 4.74 Å². The van der Waals surface area contributed by atoms with E-state index in [9.17, 15) is 0 Å². The van der Waals surface area contributed by atoms with Crippen molar-refractivity contribution >= 4 is 11.6 Å². The number of pyridine rings is 1. The molecule has 0 fully saturated rings. The fourth-order valence-corrected chi connectivity index (χ4v) is 1.69. The number of aromatic nitrogens is 1. The van der Waals surface area contributed by atoms with E-state index in [1.807, 2.05) is 42.6 Å². The summed E-state index contributed by atoms with van der Waals surface area (Å²) in [6, 6.07) is 11.8. The van der Waals surface area contributed by atoms with Gasteiger partial charge in [-0.25, -0.2) is 0 Å². The van der Waals surface area contributed by atoms with Crippen molar-refractivity contribution in [2.45, 2.75) is 12.3 Å². The van der Waals surface area contributed by atoms with Crippen LogP contribution in [0.4, 0.5) is 0 Å². The summed E-state index contributed by atoms with van der Waals surface area (Å²) < 4.78 is 5.64. The third-order valence-electron chi connectivity index (χ3n) is 2.46. The number of nitrogens with zero attached hydrogens (tertiary/aromatic N) is 1. The van der Waals surface area contributed by atoms with Gasteiger partial charge in [-0.2, -0.15) is 0 Å². The molecule has 0 spiro atoms. The van der Waals surface area contributed by atoms with Crippen LogP contribution in [0.3, 0.4) is 0 Å². The van der Waals surface area contributed by atoms with E-state index in [-0.39, 0.29) is 0 Å². The Morgan fingerprint density at radius 1 is 1.06 bits per heavy atom. The minimum absolute atomic E-state index is 0.538. The van der Waals surface area contributed by atoms with E-state index in [0.29, 0.717) is 12.5 Å². The van der Waals surface area contributed by atoms with E-state index in [1.54, 1.807) is 6.20 Å². The molecule has 1 aromatic carbocycles. The number of halogens is 1. The van der Waals surface area contributed by atoms with Gasteiger partial charge in [-0.1, -0.05) is 18.2 Å². The summed E-state index contributed by atoms with van der Waals surface area (Å²) in [5, 5.41) is 0. The second-order valence-electron chi connectivity index (χ2n) is 3.74. The smallest absolute Gasteiger partial charge is 0.119 e. The standard InChI is InChI=1S/C14H14ClNO/c15-10-12-3-5-14(6-4-12)17-9-7-13-2-1-8-16-11-13/h1-6,8,11H,7,9-10H2. The average molecular weight is 248 g/mol. The molecule has 0 atom stereocenters. The Kier molecular flexibility index (Phi) is 4.39. The van der Waals surface area contributed by atoms with Crippen LogP contribution in [0, 0.1) is 0 Å². The summed E-state index contributed by atoms with van der Waals surface area (Å²) in [7, 11) is 0. The molecule has 3 heteroatoms. The molecule has 0 aliphatic heterocycles. The number of ether oxygens (including phenoxy) is 1. The van der Waals surface area contributed by atoms with Gasteiger partial charge in [-0.15, -0.1) is 11.6 Å². The molecule has 1 heterocycles. The van der Waals surface area contributed by atoms with E-state index in [4.69, 9.17) is 16.3 Å². The lowest BCUT2D eigenvalue weighted by Gasteiger charge is -2.06. The molecular weight excluding hydrogens is 234 g/mol. The molecule has 17 heavy (non-hydrogen) atoms. The molecule has 0 N–H and O–H groups in total. The number of rotatable bonds is 5. The Morgan fingerprint density at radius 3 is 2.53 bits per heavy atom. The first-order valence-corrected chi connectivity index (χ1v) is 6.08. The highest BCUT2D eigenvalue weighted by atomic mass is 35.5. The number of hydrogen-bond acceptors (Lipinski definition) is 2. The van der Waals surface area contributed by atoms with Crippen LogP contribution in [0.1, 0.15) is 11.1 Å². The molecule has 0 unspecified atom stereocenters. The first kappa shape index (κ1) is 11.9. The molecule has 0 aliphatic rings. The van der Waals surface area contributed by atoms with Gasteiger partial charge in [-0.3, -0.25) is 4.98 Å². The zero-order chi connectivity index (χ0) is 11.9. The molecule has 2 rings (SSSR count). The van der Waals surface area contributed by atoms with Crippen molar-refractivity contribution in [2.24, 2.45) is 0 Å². The van der Waals surface area contributed by atoms with Gasteiger partial charge >= 0.3 is 0 Å². The summed E-state index contributed by atoms with van der Waals surface area (Å²) in [6.45, 7) is 0.659. The minimum atomic E-state index is 0.538. The van der Waals surface area contributed by atoms with Crippen molar-refractivity contribution in [3.63, 3.8) is 0 Å². The highest BCUT2D eigenvalue weighted by Crippen LogP contribution is 2.13. The minimum Gasteiger partial charge on any atom is -0.493 e. The van der Waals surface area contributed by atoms with E-state index in [2.05, 4.69) is 4.98 Å². The third-order valence-corrected chi connectivity index (χ3v) is 2.77. The summed E-state index contributed by atoms with van der Waals surface area (Å²) in [4.78, 5) is 4.06. The molecule has 0 saturated heterocycles. The second kappa shape index (κ2) is 6.26. The topological polar surface area (TPSA) is 22.1 Å². The fraction of sp³-hybridized carbons (Fsp3) is 0.214. The lowest BCUT2D eigenvalue weighted by molar-refractivity contribution is 0.322. The normalized spacial score (nSPS) is 10.2. The Labute approximate surface area is 106 Å². The Bertz CT molecular complexity index is 442. The van der Waals surface area contributed by atoms with Crippen LogP contribution in [0.5, 0.6) is 5.75 Å². The molecule has 0 saturated carbocycles. The maximum absolute atomic E-state index is 5.72. The van der Waals surface area contributed by atoms with Crippen molar-refractivity contribution in [1.82, 2.24) is 4.98 Å². The van der Waals surface area contributed by atoms with Gasteiger partial charge in [0, 0.05) is 24.7 Å². The van der Waals surface area contributed by atoms with Crippen LogP contribution >= 0.6 is 11.6 Å². The van der Waals surface area contributed by atoms with E-state index < -0.39 is 0 Å². The summed E-state index contributed by atoms with van der Waals surface area (Å²) in [5.41, 5.74) is 2.29. The Balaban J connectivity index is 1.82. The predicted octanol–water partition coefficient (Wildman–Crippen LogP) is 3.44. The van der Waals surface area contributed by atoms with E-state index >= 15 is 0 Å². The van der Waals surface area contributed by atoms with E-state index in [1.165, 1.54) is 5.56 Å². The molecule has 0 aliphatic carbocycles. The highest BCUT2D eigenvalue weighted by Gasteiger charge is 1.96. The summed E-state index contributed by atoms with van der Waals surface area (Å²) in [6.07, 6.45) is 4.50. The van der Waals surface area contributed by atoms with Gasteiger partial charge in [0.25, 0.3) is 0 Å². The fourth-order valence-electron chi connectivity index (χ4n) is 1.51. The van der Waals surface area contributed by atoms with Crippen LogP contribution < -0.4 is 4.74 Å². The van der Waals surface area contributed by atoms with Crippen LogP contribution in [0.25, 0.3) is 0 Å². The largest absolute Gasteiger partial charge is 0.493 e. The van der Waals surface area contributed by atoms with Crippen LogP contribution in [-0.2, 0) is 12.3 Å². The van der Waals surface area contributed by atoms with Crippen LogP contribution in [0.2, 0.25) is 0 Å². The molecular formula is C14H14ClNO. The predicted molar refractivity (Wildman–Crippen MR) is 69.4 cm³/mol. The van der Waals surface area contributed by atoms with Crippen molar-refractivity contribution in [3.05, 3.63) is 59.9 Å². The Morgan fingerprint density at radius 2 is 1.88 bits per heavy atom. The lowest BCUT2D eigenvalue weighted by atomic mass is 10.2. The molecule has 2 nitrogen and oxygen atoms in total. The van der Waals surface area contributed by atoms with Gasteiger partial charge in [0.15, 0.2) is 0 Å². The first-order chi connectivity index (χ1) is 8.38. The number of hydrogen-bond donors (Lipinski definition) is 0. The monoisotopic (exact) mass is 247 g/mol. The summed E-state index contributed by atoms with van der Waals surface area (Å²) >= 11 is 5.72.